The number of allylic oxidation sites excluding steroid dienone is 4. The fraction of sp³-hybridized carbons (Fsp3) is 0.562. The van der Waals surface area contributed by atoms with Crippen molar-refractivity contribution in [3.63, 3.8) is 0 Å². The molecule has 0 aromatic carbocycles. The molecule has 0 heterocycles. The molecule has 0 aliphatic carbocycles. The van der Waals surface area contributed by atoms with Gasteiger partial charge in [-0.25, -0.2) is 0 Å². The van der Waals surface area contributed by atoms with E-state index in [1.54, 1.807) is 0 Å². The van der Waals surface area contributed by atoms with Crippen LogP contribution in [0.4, 0.5) is 0 Å². The lowest BCUT2D eigenvalue weighted by Crippen LogP contribution is -1.91. The zero-order valence-electron chi connectivity index (χ0n) is 11.6. The van der Waals surface area contributed by atoms with Gasteiger partial charge in [-0.05, 0) is 19.8 Å². The van der Waals surface area contributed by atoms with Crippen LogP contribution in [-0.4, -0.2) is 5.71 Å². The van der Waals surface area contributed by atoms with Crippen molar-refractivity contribution in [1.29, 1.82) is 5.41 Å². The first kappa shape index (κ1) is 15.7. The Bertz CT molecular complexity index is 336. The minimum Gasteiger partial charge on any atom is -0.309 e. The molecule has 1 unspecified atom stereocenters. The van der Waals surface area contributed by atoms with Gasteiger partial charge in [-0.1, -0.05) is 50.5 Å². The van der Waals surface area contributed by atoms with E-state index in [0.29, 0.717) is 5.92 Å². The molecular weight excluding hydrogens is 206 g/mol. The van der Waals surface area contributed by atoms with Crippen LogP contribution in [0.5, 0.6) is 0 Å². The van der Waals surface area contributed by atoms with E-state index < -0.39 is 0 Å². The summed E-state index contributed by atoms with van der Waals surface area (Å²) in [6, 6.07) is 0. The summed E-state index contributed by atoms with van der Waals surface area (Å²) in [7, 11) is 0. The van der Waals surface area contributed by atoms with Crippen LogP contribution in [0.1, 0.15) is 53.4 Å². The maximum absolute atomic E-state index is 7.52. The molecule has 0 aliphatic rings. The van der Waals surface area contributed by atoms with Gasteiger partial charge in [-0.2, -0.15) is 0 Å². The molecule has 0 aromatic heterocycles. The second-order valence-corrected chi connectivity index (χ2v) is 4.38. The Hall–Kier alpha value is -1.29. The van der Waals surface area contributed by atoms with Gasteiger partial charge < -0.3 is 5.41 Å². The van der Waals surface area contributed by atoms with E-state index in [4.69, 9.17) is 5.41 Å². The highest BCUT2D eigenvalue weighted by atomic mass is 14.4. The first-order valence-corrected chi connectivity index (χ1v) is 6.47. The lowest BCUT2D eigenvalue weighted by Gasteiger charge is -2.02. The van der Waals surface area contributed by atoms with Gasteiger partial charge in [0, 0.05) is 24.5 Å². The number of hydrogen-bond donors (Lipinski definition) is 1. The fourth-order valence-electron chi connectivity index (χ4n) is 1.47. The monoisotopic (exact) mass is 231 g/mol. The van der Waals surface area contributed by atoms with Gasteiger partial charge in [-0.3, -0.25) is 0 Å². The lowest BCUT2D eigenvalue weighted by atomic mass is 10.0. The minimum atomic E-state index is 0.438. The molecule has 0 saturated carbocycles. The van der Waals surface area contributed by atoms with Crippen LogP contribution in [0, 0.1) is 23.2 Å². The van der Waals surface area contributed by atoms with E-state index in [1.165, 1.54) is 5.57 Å². The highest BCUT2D eigenvalue weighted by Crippen LogP contribution is 2.10. The summed E-state index contributed by atoms with van der Waals surface area (Å²) in [5.74, 6) is 6.79. The topological polar surface area (TPSA) is 23.9 Å². The molecule has 0 rings (SSSR count). The van der Waals surface area contributed by atoms with Crippen molar-refractivity contribution in [3.8, 4) is 11.8 Å². The van der Waals surface area contributed by atoms with Gasteiger partial charge in [0.2, 0.25) is 0 Å². The molecule has 0 radical (unpaired) electrons. The molecule has 1 N–H and O–H groups in total. The molecular formula is C16H25N. The molecule has 0 fully saturated rings. The summed E-state index contributed by atoms with van der Waals surface area (Å²) >= 11 is 0. The van der Waals surface area contributed by atoms with Crippen LogP contribution >= 0.6 is 0 Å². The second-order valence-electron chi connectivity index (χ2n) is 4.38. The highest BCUT2D eigenvalue weighted by molar-refractivity contribution is 5.82. The Balaban J connectivity index is 4.05. The molecule has 94 valence electrons. The molecule has 0 aromatic rings. The van der Waals surface area contributed by atoms with Crippen LogP contribution in [0.15, 0.2) is 23.8 Å². The highest BCUT2D eigenvalue weighted by Gasteiger charge is 1.97. The molecule has 1 heteroatoms. The van der Waals surface area contributed by atoms with E-state index in [9.17, 15) is 0 Å². The summed E-state index contributed by atoms with van der Waals surface area (Å²) in [4.78, 5) is 0. The molecule has 0 aliphatic heterocycles. The molecule has 0 saturated heterocycles. The van der Waals surface area contributed by atoms with Gasteiger partial charge in [0.1, 0.15) is 0 Å². The van der Waals surface area contributed by atoms with Gasteiger partial charge in [-0.15, -0.1) is 5.92 Å². The summed E-state index contributed by atoms with van der Waals surface area (Å²) in [6.07, 6.45) is 9.82. The first-order valence-electron chi connectivity index (χ1n) is 6.47. The van der Waals surface area contributed by atoms with Crippen molar-refractivity contribution in [3.05, 3.63) is 23.8 Å². The lowest BCUT2D eigenvalue weighted by molar-refractivity contribution is 0.741. The van der Waals surface area contributed by atoms with E-state index in [2.05, 4.69) is 50.8 Å². The molecule has 0 amide bonds. The van der Waals surface area contributed by atoms with Gasteiger partial charge in [0.05, 0.1) is 0 Å². The minimum absolute atomic E-state index is 0.438. The maximum atomic E-state index is 7.52. The van der Waals surface area contributed by atoms with Crippen molar-refractivity contribution >= 4 is 5.71 Å². The zero-order valence-corrected chi connectivity index (χ0v) is 11.6. The van der Waals surface area contributed by atoms with Crippen molar-refractivity contribution in [2.75, 3.05) is 0 Å². The summed E-state index contributed by atoms with van der Waals surface area (Å²) in [5.41, 5.74) is 2.14. The molecule has 1 nitrogen and oxygen atoms in total. The third kappa shape index (κ3) is 9.63. The van der Waals surface area contributed by atoms with Crippen LogP contribution in [-0.2, 0) is 0 Å². The smallest absolute Gasteiger partial charge is 0.0211 e. The molecule has 1 atom stereocenters. The zero-order chi connectivity index (χ0) is 13.1. The Morgan fingerprint density at radius 1 is 1.35 bits per heavy atom. The third-order valence-electron chi connectivity index (χ3n) is 2.46. The molecule has 0 spiro atoms. The average Bonchev–Trinajstić information content (AvgIpc) is 2.31. The summed E-state index contributed by atoms with van der Waals surface area (Å²) in [6.45, 7) is 8.40. The second kappa shape index (κ2) is 9.90. The van der Waals surface area contributed by atoms with E-state index in [0.717, 1.165) is 31.4 Å². The van der Waals surface area contributed by atoms with Crippen LogP contribution in [0.25, 0.3) is 0 Å². The van der Waals surface area contributed by atoms with Crippen LogP contribution in [0.2, 0.25) is 0 Å². The van der Waals surface area contributed by atoms with Crippen molar-refractivity contribution < 1.29 is 0 Å². The number of nitrogens with one attached hydrogen (secondary N) is 1. The summed E-state index contributed by atoms with van der Waals surface area (Å²) < 4.78 is 0. The predicted molar refractivity (Wildman–Crippen MR) is 77.4 cm³/mol. The third-order valence-corrected chi connectivity index (χ3v) is 2.46. The largest absolute Gasteiger partial charge is 0.309 e. The maximum Gasteiger partial charge on any atom is 0.0211 e. The van der Waals surface area contributed by atoms with Crippen molar-refractivity contribution in [2.45, 2.75) is 53.4 Å². The van der Waals surface area contributed by atoms with Crippen molar-refractivity contribution in [1.82, 2.24) is 0 Å². The van der Waals surface area contributed by atoms with E-state index in [-0.39, 0.29) is 0 Å². The first-order chi connectivity index (χ1) is 8.10. The van der Waals surface area contributed by atoms with E-state index in [1.807, 2.05) is 6.92 Å². The fourth-order valence-corrected chi connectivity index (χ4v) is 1.47. The van der Waals surface area contributed by atoms with Crippen molar-refractivity contribution in [2.24, 2.45) is 5.92 Å². The molecule has 17 heavy (non-hydrogen) atoms. The standard InChI is InChI=1S/C16H25N/c1-5-7-10-14(3)13-15(4)11-8-9-12-16(17)6-2/h8-9,11,14,17H,5-6,12-13H2,1-4H3. The quantitative estimate of drug-likeness (QED) is 0.387. The number of rotatable bonds is 6. The Morgan fingerprint density at radius 3 is 2.65 bits per heavy atom. The van der Waals surface area contributed by atoms with E-state index >= 15 is 0 Å². The summed E-state index contributed by atoms with van der Waals surface area (Å²) in [5, 5.41) is 7.52. The van der Waals surface area contributed by atoms with Gasteiger partial charge in [0.25, 0.3) is 0 Å². The number of hydrogen-bond acceptors (Lipinski definition) is 1. The average molecular weight is 231 g/mol. The van der Waals surface area contributed by atoms with Crippen LogP contribution in [0.3, 0.4) is 0 Å². The van der Waals surface area contributed by atoms with Gasteiger partial charge >= 0.3 is 0 Å². The SMILES string of the molecule is CCC#CC(C)CC(C)=CC=CCC(=N)CC. The predicted octanol–water partition coefficient (Wildman–Crippen LogP) is 4.75. The Kier molecular flexibility index (Phi) is 9.15. The normalized spacial score (nSPS) is 13.3. The Morgan fingerprint density at radius 2 is 2.06 bits per heavy atom. The van der Waals surface area contributed by atoms with Gasteiger partial charge in [0.15, 0.2) is 0 Å². The Labute approximate surface area is 107 Å². The van der Waals surface area contributed by atoms with Crippen LogP contribution < -0.4 is 0 Å². The molecule has 0 bridgehead atoms.